The summed E-state index contributed by atoms with van der Waals surface area (Å²) in [6, 6.07) is 3.09. The van der Waals surface area contributed by atoms with Crippen LogP contribution in [-0.2, 0) is 4.79 Å². The number of aliphatic imine (C=N–C) groups is 1. The number of rotatable bonds is 4. The van der Waals surface area contributed by atoms with E-state index >= 15 is 0 Å². The third-order valence-electron chi connectivity index (χ3n) is 3.52. The molecule has 2 aliphatic rings. The van der Waals surface area contributed by atoms with E-state index in [4.69, 9.17) is 4.42 Å². The number of hydrogen-bond acceptors (Lipinski definition) is 8. The minimum absolute atomic E-state index is 0.0725. The van der Waals surface area contributed by atoms with Gasteiger partial charge < -0.3 is 4.42 Å². The summed E-state index contributed by atoms with van der Waals surface area (Å²) in [7, 11) is 0. The molecule has 2 unspecified atom stereocenters. The van der Waals surface area contributed by atoms with Crippen LogP contribution in [0.15, 0.2) is 44.4 Å². The summed E-state index contributed by atoms with van der Waals surface area (Å²) in [5.41, 5.74) is 4.61. The summed E-state index contributed by atoms with van der Waals surface area (Å²) in [4.78, 5) is 28.0. The molecule has 2 aliphatic heterocycles. The van der Waals surface area contributed by atoms with Crippen molar-refractivity contribution in [3.63, 3.8) is 0 Å². The van der Waals surface area contributed by atoms with Gasteiger partial charge in [0.05, 0.1) is 24.3 Å². The number of hydrazine groups is 1. The number of furan rings is 1. The van der Waals surface area contributed by atoms with Gasteiger partial charge in [-0.15, -0.1) is 22.0 Å². The van der Waals surface area contributed by atoms with Gasteiger partial charge in [-0.3, -0.25) is 30.0 Å². The van der Waals surface area contributed by atoms with Crippen molar-refractivity contribution in [1.82, 2.24) is 25.6 Å². The van der Waals surface area contributed by atoms with Crippen LogP contribution in [0.5, 0.6) is 0 Å². The van der Waals surface area contributed by atoms with Crippen molar-refractivity contribution in [3.05, 3.63) is 41.5 Å². The Bertz CT molecular complexity index is 860. The summed E-state index contributed by atoms with van der Waals surface area (Å²) in [6.45, 7) is 0. The number of carbonyl (C=O) groups is 2. The molecule has 0 bridgehead atoms. The molecule has 2 N–H and O–H groups in total. The number of nitrogens with one attached hydrogen (secondary N) is 2. The number of nitrogens with zero attached hydrogens (tertiary/aromatic N) is 4. The molecule has 0 spiro atoms. The smallest absolute Gasteiger partial charge is 0.305 e. The van der Waals surface area contributed by atoms with Crippen molar-refractivity contribution < 1.29 is 14.0 Å². The average Bonchev–Trinajstić information content (AvgIpc) is 3.37. The van der Waals surface area contributed by atoms with E-state index in [1.807, 2.05) is 5.41 Å². The third kappa shape index (κ3) is 3.20. The average molecular weight is 376 g/mol. The maximum atomic E-state index is 11.9. The highest BCUT2D eigenvalue weighted by Gasteiger charge is 2.32. The largest absolute Gasteiger partial charge is 0.459 e. The maximum absolute atomic E-state index is 11.9. The normalized spacial score (nSPS) is 20.2. The van der Waals surface area contributed by atoms with Gasteiger partial charge in [-0.25, -0.2) is 0 Å². The predicted octanol–water partition coefficient (Wildman–Crippen LogP) is 0.985. The second-order valence-corrected chi connectivity index (χ2v) is 7.09. The van der Waals surface area contributed by atoms with Gasteiger partial charge in [0.1, 0.15) is 11.2 Å². The van der Waals surface area contributed by atoms with Crippen molar-refractivity contribution in [2.24, 2.45) is 4.99 Å². The Morgan fingerprint density at radius 1 is 1.36 bits per heavy atom. The van der Waals surface area contributed by atoms with Crippen LogP contribution in [0.4, 0.5) is 0 Å². The van der Waals surface area contributed by atoms with Crippen LogP contribution in [0.1, 0.15) is 22.3 Å². The van der Waals surface area contributed by atoms with Crippen molar-refractivity contribution >= 4 is 41.7 Å². The molecule has 2 amide bonds. The molecule has 0 saturated heterocycles. The van der Waals surface area contributed by atoms with Gasteiger partial charge in [0, 0.05) is 0 Å². The number of amides is 2. The SMILES string of the molecule is O=C(CSc1nnc2n1C=NC1SC=CC21)NNC(=O)c1ccco1. The molecule has 0 saturated carbocycles. The Hall–Kier alpha value is -2.53. The molecule has 11 heteroatoms. The molecule has 9 nitrogen and oxygen atoms in total. The van der Waals surface area contributed by atoms with E-state index in [1.54, 1.807) is 28.7 Å². The Kier molecular flexibility index (Phi) is 4.32. The van der Waals surface area contributed by atoms with E-state index < -0.39 is 5.91 Å². The Balaban J connectivity index is 1.32. The topological polar surface area (TPSA) is 114 Å². The molecule has 2 aromatic rings. The van der Waals surface area contributed by atoms with Crippen molar-refractivity contribution in [2.45, 2.75) is 16.4 Å². The molecule has 2 aromatic heterocycles. The zero-order valence-corrected chi connectivity index (χ0v) is 14.3. The second-order valence-electron chi connectivity index (χ2n) is 5.12. The summed E-state index contributed by atoms with van der Waals surface area (Å²) in [5, 5.41) is 11.0. The van der Waals surface area contributed by atoms with E-state index in [1.165, 1.54) is 24.1 Å². The number of thioether (sulfide) groups is 2. The van der Waals surface area contributed by atoms with E-state index in [2.05, 4.69) is 32.1 Å². The first-order chi connectivity index (χ1) is 12.2. The van der Waals surface area contributed by atoms with Crippen LogP contribution in [-0.4, -0.2) is 44.0 Å². The number of fused-ring (bicyclic) bond motifs is 3. The first-order valence-electron chi connectivity index (χ1n) is 7.28. The lowest BCUT2D eigenvalue weighted by atomic mass is 10.1. The third-order valence-corrected chi connectivity index (χ3v) is 5.47. The Morgan fingerprint density at radius 2 is 2.28 bits per heavy atom. The van der Waals surface area contributed by atoms with Gasteiger partial charge in [0.15, 0.2) is 10.9 Å². The highest BCUT2D eigenvalue weighted by molar-refractivity contribution is 8.03. The van der Waals surface area contributed by atoms with E-state index in [-0.39, 0.29) is 28.7 Å². The standard InChI is InChI=1S/C14H12N6O3S2/c21-10(16-18-12(22)9-2-1-4-23-9)6-25-14-19-17-11-8-3-5-24-13(8)15-7-20(11)14/h1-5,7-8,13H,6H2,(H,16,21)(H,18,22). The van der Waals surface area contributed by atoms with Crippen LogP contribution < -0.4 is 10.9 Å². The highest BCUT2D eigenvalue weighted by atomic mass is 32.2. The molecule has 4 heterocycles. The molecule has 4 rings (SSSR count). The van der Waals surface area contributed by atoms with Crippen molar-refractivity contribution in [3.8, 4) is 0 Å². The summed E-state index contributed by atoms with van der Waals surface area (Å²) >= 11 is 2.86. The van der Waals surface area contributed by atoms with Gasteiger partial charge in [0.2, 0.25) is 5.91 Å². The quantitative estimate of drug-likeness (QED) is 0.604. The predicted molar refractivity (Wildman–Crippen MR) is 92.2 cm³/mol. The number of hydrogen-bond donors (Lipinski definition) is 2. The van der Waals surface area contributed by atoms with Crippen LogP contribution in [0.2, 0.25) is 0 Å². The zero-order valence-electron chi connectivity index (χ0n) is 12.7. The van der Waals surface area contributed by atoms with Crippen molar-refractivity contribution in [1.29, 1.82) is 0 Å². The molecular weight excluding hydrogens is 364 g/mol. The fraction of sp³-hybridized carbons (Fsp3) is 0.214. The first-order valence-corrected chi connectivity index (χ1v) is 9.21. The summed E-state index contributed by atoms with van der Waals surface area (Å²) < 4.78 is 6.72. The molecule has 25 heavy (non-hydrogen) atoms. The lowest BCUT2D eigenvalue weighted by Gasteiger charge is -2.18. The van der Waals surface area contributed by atoms with Crippen LogP contribution in [0, 0.1) is 0 Å². The molecule has 128 valence electrons. The molecule has 2 atom stereocenters. The number of aromatic nitrogens is 3. The van der Waals surface area contributed by atoms with Gasteiger partial charge in [-0.05, 0) is 17.5 Å². The number of carbonyl (C=O) groups excluding carboxylic acids is 2. The van der Waals surface area contributed by atoms with Gasteiger partial charge in [0.25, 0.3) is 0 Å². The monoisotopic (exact) mass is 376 g/mol. The summed E-state index contributed by atoms with van der Waals surface area (Å²) in [6.07, 6.45) is 5.12. The zero-order chi connectivity index (χ0) is 17.2. The van der Waals surface area contributed by atoms with Crippen molar-refractivity contribution in [2.75, 3.05) is 5.75 Å². The van der Waals surface area contributed by atoms with Crippen LogP contribution in [0.3, 0.4) is 0 Å². The minimum atomic E-state index is -0.521. The minimum Gasteiger partial charge on any atom is -0.459 e. The maximum Gasteiger partial charge on any atom is 0.305 e. The van der Waals surface area contributed by atoms with E-state index in [0.29, 0.717) is 5.16 Å². The molecule has 0 radical (unpaired) electrons. The fourth-order valence-corrected chi connectivity index (χ4v) is 3.99. The lowest BCUT2D eigenvalue weighted by molar-refractivity contribution is -0.119. The molecule has 0 fully saturated rings. The first kappa shape index (κ1) is 16.0. The highest BCUT2D eigenvalue weighted by Crippen LogP contribution is 2.39. The van der Waals surface area contributed by atoms with Gasteiger partial charge >= 0.3 is 5.91 Å². The van der Waals surface area contributed by atoms with Gasteiger partial charge in [-0.1, -0.05) is 17.8 Å². The van der Waals surface area contributed by atoms with Gasteiger partial charge in [-0.2, -0.15) is 0 Å². The second kappa shape index (κ2) is 6.76. The van der Waals surface area contributed by atoms with Crippen LogP contribution in [0.25, 0.3) is 0 Å². The van der Waals surface area contributed by atoms with Crippen LogP contribution >= 0.6 is 23.5 Å². The molecule has 0 aromatic carbocycles. The molecular formula is C14H12N6O3S2. The Morgan fingerprint density at radius 3 is 3.12 bits per heavy atom. The van der Waals surface area contributed by atoms with E-state index in [9.17, 15) is 9.59 Å². The fourth-order valence-electron chi connectivity index (χ4n) is 2.35. The summed E-state index contributed by atoms with van der Waals surface area (Å²) in [5.74, 6) is 0.223. The van der Waals surface area contributed by atoms with E-state index in [0.717, 1.165) is 5.82 Å². The lowest BCUT2D eigenvalue weighted by Crippen LogP contribution is -2.42. The molecule has 0 aliphatic carbocycles. The Labute approximate surface area is 150 Å².